The van der Waals surface area contributed by atoms with Crippen molar-refractivity contribution in [3.63, 3.8) is 0 Å². The van der Waals surface area contributed by atoms with Crippen LogP contribution in [0.5, 0.6) is 0 Å². The molecule has 18 heavy (non-hydrogen) atoms. The lowest BCUT2D eigenvalue weighted by Crippen LogP contribution is -2.47. The van der Waals surface area contributed by atoms with Crippen molar-refractivity contribution in [1.29, 1.82) is 0 Å². The third kappa shape index (κ3) is 3.85. The Labute approximate surface area is 105 Å². The minimum Gasteiger partial charge on any atom is -0.361 e. The molecule has 0 fully saturated rings. The van der Waals surface area contributed by atoms with E-state index in [-0.39, 0.29) is 5.91 Å². The molecule has 7 nitrogen and oxygen atoms in total. The van der Waals surface area contributed by atoms with Crippen LogP contribution >= 0.6 is 0 Å². The SMILES string of the molecule is CNC(=O)NC(=O)C(C)N(C)Cc1cc(C)on1. The molecule has 100 valence electrons. The molecule has 1 rings (SSSR count). The van der Waals surface area contributed by atoms with Gasteiger partial charge in [0.25, 0.3) is 0 Å². The molecule has 1 unspecified atom stereocenters. The lowest BCUT2D eigenvalue weighted by molar-refractivity contribution is -0.124. The van der Waals surface area contributed by atoms with Gasteiger partial charge in [-0.2, -0.15) is 0 Å². The van der Waals surface area contributed by atoms with Gasteiger partial charge < -0.3 is 9.84 Å². The van der Waals surface area contributed by atoms with Crippen molar-refractivity contribution < 1.29 is 14.1 Å². The average molecular weight is 254 g/mol. The molecule has 1 aromatic rings. The van der Waals surface area contributed by atoms with Gasteiger partial charge in [-0.05, 0) is 20.9 Å². The van der Waals surface area contributed by atoms with E-state index in [4.69, 9.17) is 4.52 Å². The van der Waals surface area contributed by atoms with Gasteiger partial charge >= 0.3 is 6.03 Å². The highest BCUT2D eigenvalue weighted by molar-refractivity contribution is 5.96. The van der Waals surface area contributed by atoms with Gasteiger partial charge in [-0.1, -0.05) is 5.16 Å². The molecule has 0 saturated heterocycles. The maximum absolute atomic E-state index is 11.7. The topological polar surface area (TPSA) is 87.5 Å². The van der Waals surface area contributed by atoms with Crippen molar-refractivity contribution in [2.24, 2.45) is 0 Å². The third-order valence-electron chi connectivity index (χ3n) is 2.59. The van der Waals surface area contributed by atoms with E-state index in [1.165, 1.54) is 7.05 Å². The van der Waals surface area contributed by atoms with Crippen LogP contribution < -0.4 is 10.6 Å². The average Bonchev–Trinajstić information content (AvgIpc) is 2.73. The predicted octanol–water partition coefficient (Wildman–Crippen LogP) is 0.259. The molecule has 0 radical (unpaired) electrons. The quantitative estimate of drug-likeness (QED) is 0.804. The number of urea groups is 1. The molecule has 0 aliphatic heterocycles. The van der Waals surface area contributed by atoms with Crippen LogP contribution in [0.2, 0.25) is 0 Å². The van der Waals surface area contributed by atoms with E-state index in [2.05, 4.69) is 15.8 Å². The fourth-order valence-corrected chi connectivity index (χ4v) is 1.36. The minimum atomic E-state index is -0.516. The lowest BCUT2D eigenvalue weighted by atomic mass is 10.2. The summed E-state index contributed by atoms with van der Waals surface area (Å²) in [6.45, 7) is 3.99. The van der Waals surface area contributed by atoms with Crippen LogP contribution in [0.1, 0.15) is 18.4 Å². The fraction of sp³-hybridized carbons (Fsp3) is 0.545. The normalized spacial score (nSPS) is 12.3. The van der Waals surface area contributed by atoms with Crippen molar-refractivity contribution in [3.8, 4) is 0 Å². The smallest absolute Gasteiger partial charge is 0.321 e. The molecule has 7 heteroatoms. The maximum Gasteiger partial charge on any atom is 0.321 e. The summed E-state index contributed by atoms with van der Waals surface area (Å²) in [5.74, 6) is 0.359. The summed E-state index contributed by atoms with van der Waals surface area (Å²) in [5, 5.41) is 8.40. The molecule has 1 aromatic heterocycles. The van der Waals surface area contributed by atoms with E-state index in [1.807, 2.05) is 0 Å². The van der Waals surface area contributed by atoms with E-state index in [1.54, 1.807) is 31.9 Å². The number of nitrogens with zero attached hydrogens (tertiary/aromatic N) is 2. The van der Waals surface area contributed by atoms with E-state index in [0.717, 1.165) is 11.5 Å². The second-order valence-electron chi connectivity index (χ2n) is 4.09. The summed E-state index contributed by atoms with van der Waals surface area (Å²) in [4.78, 5) is 24.5. The minimum absolute atomic E-state index is 0.364. The molecule has 0 aliphatic rings. The number of aromatic nitrogens is 1. The standard InChI is InChI=1S/C11H18N4O3/c1-7-5-9(14-18-7)6-15(4)8(2)10(16)13-11(17)12-3/h5,8H,6H2,1-4H3,(H2,12,13,16,17). The van der Waals surface area contributed by atoms with E-state index < -0.39 is 12.1 Å². The number of imide groups is 1. The van der Waals surface area contributed by atoms with Gasteiger partial charge in [0, 0.05) is 19.7 Å². The van der Waals surface area contributed by atoms with Crippen molar-refractivity contribution >= 4 is 11.9 Å². The molecule has 0 aliphatic carbocycles. The van der Waals surface area contributed by atoms with E-state index >= 15 is 0 Å². The van der Waals surface area contributed by atoms with Crippen LogP contribution in [-0.2, 0) is 11.3 Å². The van der Waals surface area contributed by atoms with Crippen molar-refractivity contribution in [2.45, 2.75) is 26.4 Å². The van der Waals surface area contributed by atoms with Gasteiger partial charge in [-0.3, -0.25) is 15.0 Å². The molecule has 1 atom stereocenters. The fourth-order valence-electron chi connectivity index (χ4n) is 1.36. The number of hydrogen-bond acceptors (Lipinski definition) is 5. The van der Waals surface area contributed by atoms with Crippen molar-refractivity contribution in [3.05, 3.63) is 17.5 Å². The molecule has 0 spiro atoms. The number of nitrogens with one attached hydrogen (secondary N) is 2. The monoisotopic (exact) mass is 254 g/mol. The summed E-state index contributed by atoms with van der Waals surface area (Å²) in [6, 6.07) is 0.844. The number of amides is 3. The number of carbonyl (C=O) groups excluding carboxylic acids is 2. The Morgan fingerprint density at radius 2 is 2.22 bits per heavy atom. The Kier molecular flexibility index (Phi) is 4.85. The zero-order chi connectivity index (χ0) is 13.7. The van der Waals surface area contributed by atoms with Crippen molar-refractivity contribution in [2.75, 3.05) is 14.1 Å². The largest absolute Gasteiger partial charge is 0.361 e. The second-order valence-corrected chi connectivity index (χ2v) is 4.09. The number of carbonyl (C=O) groups is 2. The number of hydrogen-bond donors (Lipinski definition) is 2. The summed E-state index contributed by atoms with van der Waals surface area (Å²) in [5.41, 5.74) is 0.745. The maximum atomic E-state index is 11.7. The molecule has 2 N–H and O–H groups in total. The molecular formula is C11H18N4O3. The summed E-state index contributed by atoms with van der Waals surface area (Å²) >= 11 is 0. The first-order valence-electron chi connectivity index (χ1n) is 5.59. The Morgan fingerprint density at radius 3 is 2.72 bits per heavy atom. The molecule has 0 bridgehead atoms. The summed E-state index contributed by atoms with van der Waals surface area (Å²) in [6.07, 6.45) is 0. The zero-order valence-electron chi connectivity index (χ0n) is 11.0. The van der Waals surface area contributed by atoms with Gasteiger partial charge in [-0.25, -0.2) is 4.79 Å². The first-order valence-corrected chi connectivity index (χ1v) is 5.59. The Morgan fingerprint density at radius 1 is 1.56 bits per heavy atom. The van der Waals surface area contributed by atoms with E-state index in [9.17, 15) is 9.59 Å². The highest BCUT2D eigenvalue weighted by Crippen LogP contribution is 2.07. The predicted molar refractivity (Wildman–Crippen MR) is 64.8 cm³/mol. The van der Waals surface area contributed by atoms with Gasteiger partial charge in [0.1, 0.15) is 5.76 Å². The van der Waals surface area contributed by atoms with E-state index in [0.29, 0.717) is 6.54 Å². The van der Waals surface area contributed by atoms with Crippen molar-refractivity contribution in [1.82, 2.24) is 20.7 Å². The van der Waals surface area contributed by atoms with Crippen LogP contribution in [0.25, 0.3) is 0 Å². The van der Waals surface area contributed by atoms with Crippen LogP contribution in [0.3, 0.4) is 0 Å². The van der Waals surface area contributed by atoms with Gasteiger partial charge in [0.2, 0.25) is 5.91 Å². The van der Waals surface area contributed by atoms with Gasteiger partial charge in [-0.15, -0.1) is 0 Å². The number of rotatable bonds is 4. The Balaban J connectivity index is 2.52. The zero-order valence-corrected chi connectivity index (χ0v) is 11.0. The Hall–Kier alpha value is -1.89. The summed E-state index contributed by atoms with van der Waals surface area (Å²) in [7, 11) is 3.23. The van der Waals surface area contributed by atoms with Crippen LogP contribution in [0.15, 0.2) is 10.6 Å². The van der Waals surface area contributed by atoms with Gasteiger partial charge in [0.05, 0.1) is 11.7 Å². The molecule has 0 saturated carbocycles. The first kappa shape index (κ1) is 14.2. The molecular weight excluding hydrogens is 236 g/mol. The van der Waals surface area contributed by atoms with Crippen LogP contribution in [0, 0.1) is 6.92 Å². The number of likely N-dealkylation sites (N-methyl/N-ethyl adjacent to an activating group) is 1. The molecule has 1 heterocycles. The highest BCUT2D eigenvalue weighted by Gasteiger charge is 2.20. The molecule has 3 amide bonds. The lowest BCUT2D eigenvalue weighted by Gasteiger charge is -2.22. The summed E-state index contributed by atoms with van der Waals surface area (Å²) < 4.78 is 4.95. The third-order valence-corrected chi connectivity index (χ3v) is 2.59. The van der Waals surface area contributed by atoms with Crippen LogP contribution in [0.4, 0.5) is 4.79 Å². The Bertz CT molecular complexity index is 430. The first-order chi connectivity index (χ1) is 8.43. The second kappa shape index (κ2) is 6.15. The van der Waals surface area contributed by atoms with Crippen LogP contribution in [-0.4, -0.2) is 42.1 Å². The molecule has 0 aromatic carbocycles. The number of aryl methyl sites for hydroxylation is 1. The van der Waals surface area contributed by atoms with Gasteiger partial charge in [0.15, 0.2) is 0 Å². The highest BCUT2D eigenvalue weighted by atomic mass is 16.5.